The van der Waals surface area contributed by atoms with Crippen LogP contribution in [0.1, 0.15) is 17.7 Å². The van der Waals surface area contributed by atoms with E-state index in [2.05, 4.69) is 20.3 Å². The standard InChI is InChI=1S/C16H13F2N5O/c17-16(18)12-4-5-13(19-11-12)3-1-10-24-15-7-6-14(21-22-15)23-9-2-8-20-23/h1-9,11,16H,10H2/b3-1-. The Bertz CT molecular complexity index is 786. The number of nitrogens with zero attached hydrogens (tertiary/aromatic N) is 5. The Labute approximate surface area is 136 Å². The quantitative estimate of drug-likeness (QED) is 0.695. The molecule has 6 nitrogen and oxygen atoms in total. The monoisotopic (exact) mass is 329 g/mol. The van der Waals surface area contributed by atoms with Gasteiger partial charge in [0, 0.05) is 30.2 Å². The molecular formula is C16H13F2N5O. The van der Waals surface area contributed by atoms with Crippen LogP contribution in [0.4, 0.5) is 8.78 Å². The Morgan fingerprint density at radius 2 is 2.08 bits per heavy atom. The second-order valence-corrected chi connectivity index (χ2v) is 4.71. The zero-order valence-corrected chi connectivity index (χ0v) is 12.5. The fourth-order valence-corrected chi connectivity index (χ4v) is 1.86. The summed E-state index contributed by atoms with van der Waals surface area (Å²) in [5, 5.41) is 12.0. The van der Waals surface area contributed by atoms with Crippen LogP contribution in [0.3, 0.4) is 0 Å². The van der Waals surface area contributed by atoms with Gasteiger partial charge in [-0.3, -0.25) is 4.98 Å². The molecule has 0 unspecified atom stereocenters. The second kappa shape index (κ2) is 7.40. The molecule has 8 heteroatoms. The molecular weight excluding hydrogens is 316 g/mol. The Hall–Kier alpha value is -3.16. The lowest BCUT2D eigenvalue weighted by Crippen LogP contribution is -2.02. The maximum absolute atomic E-state index is 12.4. The van der Waals surface area contributed by atoms with Gasteiger partial charge in [-0.2, -0.15) is 5.10 Å². The first-order chi connectivity index (χ1) is 11.7. The van der Waals surface area contributed by atoms with Crippen LogP contribution >= 0.6 is 0 Å². The summed E-state index contributed by atoms with van der Waals surface area (Å²) in [6.45, 7) is 0.258. The van der Waals surface area contributed by atoms with Gasteiger partial charge >= 0.3 is 0 Å². The van der Waals surface area contributed by atoms with E-state index in [9.17, 15) is 8.78 Å². The maximum Gasteiger partial charge on any atom is 0.265 e. The van der Waals surface area contributed by atoms with E-state index >= 15 is 0 Å². The molecule has 0 aromatic carbocycles. The minimum absolute atomic E-state index is 0.101. The summed E-state index contributed by atoms with van der Waals surface area (Å²) in [7, 11) is 0. The van der Waals surface area contributed by atoms with Crippen molar-refractivity contribution in [3.63, 3.8) is 0 Å². The molecule has 0 saturated heterocycles. The molecule has 0 aliphatic heterocycles. The smallest absolute Gasteiger partial charge is 0.265 e. The fraction of sp³-hybridized carbons (Fsp3) is 0.125. The number of hydrogen-bond acceptors (Lipinski definition) is 5. The van der Waals surface area contributed by atoms with Gasteiger partial charge in [-0.1, -0.05) is 0 Å². The molecule has 0 saturated carbocycles. The van der Waals surface area contributed by atoms with E-state index in [1.165, 1.54) is 12.1 Å². The highest BCUT2D eigenvalue weighted by Gasteiger charge is 2.05. The summed E-state index contributed by atoms with van der Waals surface area (Å²) in [4.78, 5) is 3.92. The van der Waals surface area contributed by atoms with Crippen LogP contribution < -0.4 is 4.74 Å². The van der Waals surface area contributed by atoms with Gasteiger partial charge in [0.2, 0.25) is 5.88 Å². The maximum atomic E-state index is 12.4. The van der Waals surface area contributed by atoms with E-state index < -0.39 is 6.43 Å². The van der Waals surface area contributed by atoms with Crippen LogP contribution in [0.25, 0.3) is 11.9 Å². The molecule has 0 fully saturated rings. The van der Waals surface area contributed by atoms with Gasteiger partial charge in [0.25, 0.3) is 6.43 Å². The molecule has 0 bridgehead atoms. The average molecular weight is 329 g/mol. The van der Waals surface area contributed by atoms with Crippen molar-refractivity contribution in [2.75, 3.05) is 6.61 Å². The third kappa shape index (κ3) is 3.97. The van der Waals surface area contributed by atoms with Gasteiger partial charge in [-0.05, 0) is 36.4 Å². The molecule has 122 valence electrons. The number of aromatic nitrogens is 5. The van der Waals surface area contributed by atoms with E-state index in [1.54, 1.807) is 47.4 Å². The van der Waals surface area contributed by atoms with Crippen molar-refractivity contribution in [1.29, 1.82) is 0 Å². The molecule has 0 aliphatic carbocycles. The molecule has 0 atom stereocenters. The number of alkyl halides is 2. The van der Waals surface area contributed by atoms with Crippen molar-refractivity contribution >= 4 is 6.08 Å². The van der Waals surface area contributed by atoms with E-state index in [0.717, 1.165) is 6.20 Å². The first kappa shape index (κ1) is 15.7. The second-order valence-electron chi connectivity index (χ2n) is 4.71. The summed E-state index contributed by atoms with van der Waals surface area (Å²) in [6.07, 6.45) is 5.46. The number of hydrogen-bond donors (Lipinski definition) is 0. The Morgan fingerprint density at radius 3 is 2.71 bits per heavy atom. The predicted molar refractivity (Wildman–Crippen MR) is 82.9 cm³/mol. The van der Waals surface area contributed by atoms with Gasteiger partial charge in [0.15, 0.2) is 5.82 Å². The van der Waals surface area contributed by atoms with Gasteiger partial charge in [0.1, 0.15) is 6.61 Å². The normalized spacial score (nSPS) is 11.3. The highest BCUT2D eigenvalue weighted by molar-refractivity contribution is 5.44. The fourth-order valence-electron chi connectivity index (χ4n) is 1.86. The Kier molecular flexibility index (Phi) is 4.85. The molecule has 3 rings (SSSR count). The van der Waals surface area contributed by atoms with Crippen molar-refractivity contribution in [2.24, 2.45) is 0 Å². The van der Waals surface area contributed by atoms with Crippen molar-refractivity contribution in [3.8, 4) is 11.7 Å². The Morgan fingerprint density at radius 1 is 1.17 bits per heavy atom. The molecule has 3 aromatic rings. The summed E-state index contributed by atoms with van der Waals surface area (Å²) < 4.78 is 31.8. The third-order valence-corrected chi connectivity index (χ3v) is 3.04. The average Bonchev–Trinajstić information content (AvgIpc) is 3.14. The van der Waals surface area contributed by atoms with Crippen molar-refractivity contribution in [2.45, 2.75) is 6.43 Å². The first-order valence-corrected chi connectivity index (χ1v) is 7.09. The largest absolute Gasteiger partial charge is 0.472 e. The van der Waals surface area contributed by atoms with Crippen LogP contribution in [0.2, 0.25) is 0 Å². The number of pyridine rings is 1. The number of halogens is 2. The summed E-state index contributed by atoms with van der Waals surface area (Å²) >= 11 is 0. The molecule has 3 aromatic heterocycles. The lowest BCUT2D eigenvalue weighted by Gasteiger charge is -2.03. The van der Waals surface area contributed by atoms with Gasteiger partial charge < -0.3 is 4.74 Å². The molecule has 24 heavy (non-hydrogen) atoms. The van der Waals surface area contributed by atoms with E-state index in [-0.39, 0.29) is 12.2 Å². The van der Waals surface area contributed by atoms with Gasteiger partial charge in [-0.15, -0.1) is 10.2 Å². The van der Waals surface area contributed by atoms with Crippen LogP contribution in [0.15, 0.2) is 55.0 Å². The van der Waals surface area contributed by atoms with Crippen LogP contribution in [-0.2, 0) is 0 Å². The topological polar surface area (TPSA) is 65.7 Å². The summed E-state index contributed by atoms with van der Waals surface area (Å²) in [5.74, 6) is 0.961. The SMILES string of the molecule is FC(F)c1ccc(/C=C\COc2ccc(-n3cccn3)nn2)nc1. The zero-order chi connectivity index (χ0) is 16.8. The number of rotatable bonds is 6. The van der Waals surface area contributed by atoms with Crippen LogP contribution in [0.5, 0.6) is 5.88 Å². The van der Waals surface area contributed by atoms with E-state index in [1.807, 2.05) is 0 Å². The van der Waals surface area contributed by atoms with Crippen molar-refractivity contribution in [3.05, 3.63) is 66.3 Å². The predicted octanol–water partition coefficient (Wildman–Crippen LogP) is 3.09. The number of ether oxygens (including phenoxy) is 1. The highest BCUT2D eigenvalue weighted by Crippen LogP contribution is 2.17. The van der Waals surface area contributed by atoms with E-state index in [4.69, 9.17) is 4.74 Å². The zero-order valence-electron chi connectivity index (χ0n) is 12.5. The molecule has 0 spiro atoms. The molecule has 0 aliphatic rings. The van der Waals surface area contributed by atoms with Gasteiger partial charge in [-0.25, -0.2) is 13.5 Å². The summed E-state index contributed by atoms with van der Waals surface area (Å²) in [5.41, 5.74) is 0.471. The van der Waals surface area contributed by atoms with Crippen molar-refractivity contribution in [1.82, 2.24) is 25.0 Å². The minimum atomic E-state index is -2.51. The Balaban J connectivity index is 1.52. The molecule has 0 radical (unpaired) electrons. The molecule has 0 amide bonds. The lowest BCUT2D eigenvalue weighted by molar-refractivity contribution is 0.151. The molecule has 3 heterocycles. The van der Waals surface area contributed by atoms with E-state index in [0.29, 0.717) is 17.4 Å². The van der Waals surface area contributed by atoms with Crippen LogP contribution in [0, 0.1) is 0 Å². The summed E-state index contributed by atoms with van der Waals surface area (Å²) in [6, 6.07) is 8.09. The van der Waals surface area contributed by atoms with Gasteiger partial charge in [0.05, 0.1) is 5.69 Å². The highest BCUT2D eigenvalue weighted by atomic mass is 19.3. The van der Waals surface area contributed by atoms with Crippen LogP contribution in [-0.4, -0.2) is 31.6 Å². The first-order valence-electron chi connectivity index (χ1n) is 7.09. The minimum Gasteiger partial charge on any atom is -0.472 e. The van der Waals surface area contributed by atoms with Crippen molar-refractivity contribution < 1.29 is 13.5 Å². The third-order valence-electron chi connectivity index (χ3n) is 3.04. The lowest BCUT2D eigenvalue weighted by atomic mass is 10.2. The molecule has 0 N–H and O–H groups in total.